The van der Waals surface area contributed by atoms with Crippen molar-refractivity contribution in [3.8, 4) is 0 Å². The monoisotopic (exact) mass is 316 g/mol. The zero-order valence-corrected chi connectivity index (χ0v) is 12.5. The van der Waals surface area contributed by atoms with Gasteiger partial charge >= 0.3 is 12.1 Å². The van der Waals surface area contributed by atoms with Crippen molar-refractivity contribution >= 4 is 5.97 Å². The van der Waals surface area contributed by atoms with E-state index in [1.54, 1.807) is 0 Å². The van der Waals surface area contributed by atoms with Crippen LogP contribution in [0.3, 0.4) is 0 Å². The molecule has 122 valence electrons. The van der Waals surface area contributed by atoms with E-state index in [0.29, 0.717) is 12.6 Å². The van der Waals surface area contributed by atoms with Crippen LogP contribution in [-0.4, -0.2) is 44.2 Å². The van der Waals surface area contributed by atoms with E-state index in [0.717, 1.165) is 26.1 Å². The van der Waals surface area contributed by atoms with Gasteiger partial charge in [0.05, 0.1) is 18.2 Å². The van der Waals surface area contributed by atoms with Gasteiger partial charge in [0.15, 0.2) is 0 Å². The van der Waals surface area contributed by atoms with E-state index in [2.05, 4.69) is 10.1 Å². The topological polar surface area (TPSA) is 41.6 Å². The van der Waals surface area contributed by atoms with Crippen molar-refractivity contribution in [1.82, 2.24) is 10.2 Å². The highest BCUT2D eigenvalue weighted by Crippen LogP contribution is 2.34. The molecular weight excluding hydrogens is 297 g/mol. The maximum atomic E-state index is 13.2. The highest BCUT2D eigenvalue weighted by molar-refractivity contribution is 5.89. The Morgan fingerprint density at radius 2 is 2.18 bits per heavy atom. The van der Waals surface area contributed by atoms with Gasteiger partial charge in [-0.25, -0.2) is 4.79 Å². The normalized spacial score (nSPS) is 19.4. The molecule has 1 fully saturated rings. The van der Waals surface area contributed by atoms with Crippen LogP contribution in [0.5, 0.6) is 0 Å². The summed E-state index contributed by atoms with van der Waals surface area (Å²) in [6.45, 7) is 1.68. The molecule has 7 heteroatoms. The molecule has 4 nitrogen and oxygen atoms in total. The van der Waals surface area contributed by atoms with E-state index < -0.39 is 17.7 Å². The van der Waals surface area contributed by atoms with Gasteiger partial charge in [0.1, 0.15) is 0 Å². The number of methoxy groups -OCH3 is 1. The zero-order valence-electron chi connectivity index (χ0n) is 12.5. The van der Waals surface area contributed by atoms with Gasteiger partial charge in [-0.3, -0.25) is 4.90 Å². The molecule has 0 bridgehead atoms. The van der Waals surface area contributed by atoms with Crippen molar-refractivity contribution in [2.45, 2.75) is 25.2 Å². The third-order valence-corrected chi connectivity index (χ3v) is 3.91. The van der Waals surface area contributed by atoms with E-state index in [1.165, 1.54) is 12.1 Å². The lowest BCUT2D eigenvalue weighted by Gasteiger charge is -2.20. The van der Waals surface area contributed by atoms with E-state index in [4.69, 9.17) is 0 Å². The Balaban J connectivity index is 2.25. The Morgan fingerprint density at radius 3 is 2.73 bits per heavy atom. The minimum absolute atomic E-state index is 0.0897. The first-order valence-corrected chi connectivity index (χ1v) is 7.03. The van der Waals surface area contributed by atoms with Crippen molar-refractivity contribution in [3.63, 3.8) is 0 Å². The molecule has 0 aliphatic carbocycles. The van der Waals surface area contributed by atoms with E-state index in [1.807, 2.05) is 11.9 Å². The lowest BCUT2D eigenvalue weighted by atomic mass is 10.0. The number of carbonyl (C=O) groups is 1. The number of halogens is 3. The Morgan fingerprint density at radius 1 is 1.45 bits per heavy atom. The first kappa shape index (κ1) is 16.8. The maximum Gasteiger partial charge on any atom is 0.416 e. The molecule has 1 aromatic rings. The van der Waals surface area contributed by atoms with Gasteiger partial charge in [0.25, 0.3) is 0 Å². The number of nitrogens with one attached hydrogen (secondary N) is 1. The summed E-state index contributed by atoms with van der Waals surface area (Å²) < 4.78 is 44.2. The summed E-state index contributed by atoms with van der Waals surface area (Å²) in [5.74, 6) is -0.770. The molecule has 1 atom stereocenters. The average Bonchev–Trinajstić information content (AvgIpc) is 2.93. The predicted octanol–water partition coefficient (Wildman–Crippen LogP) is 2.29. The van der Waals surface area contributed by atoms with Crippen LogP contribution in [0.2, 0.25) is 0 Å². The zero-order chi connectivity index (χ0) is 16.3. The minimum atomic E-state index is -4.50. The molecule has 0 radical (unpaired) electrons. The Hall–Kier alpha value is -1.60. The molecule has 1 N–H and O–H groups in total. The SMILES string of the molecule is CNC1CCN(Cc2ccc(C(=O)OC)cc2C(F)(F)F)C1. The highest BCUT2D eigenvalue weighted by Gasteiger charge is 2.35. The smallest absolute Gasteiger partial charge is 0.416 e. The summed E-state index contributed by atoms with van der Waals surface area (Å²) in [4.78, 5) is 13.4. The molecule has 1 unspecified atom stereocenters. The number of benzene rings is 1. The molecule has 1 aromatic carbocycles. The first-order chi connectivity index (χ1) is 10.3. The molecule has 0 saturated carbocycles. The fraction of sp³-hybridized carbons (Fsp3) is 0.533. The predicted molar refractivity (Wildman–Crippen MR) is 75.5 cm³/mol. The van der Waals surface area contributed by atoms with Crippen molar-refractivity contribution in [2.75, 3.05) is 27.2 Å². The summed E-state index contributed by atoms with van der Waals surface area (Å²) in [5.41, 5.74) is -0.687. The number of likely N-dealkylation sites (N-methyl/N-ethyl adjacent to an activating group) is 1. The Bertz CT molecular complexity index is 546. The summed E-state index contributed by atoms with van der Waals surface area (Å²) in [6, 6.07) is 3.92. The number of hydrogen-bond donors (Lipinski definition) is 1. The molecule has 0 spiro atoms. The van der Waals surface area contributed by atoms with E-state index in [9.17, 15) is 18.0 Å². The number of likely N-dealkylation sites (tertiary alicyclic amines) is 1. The number of rotatable bonds is 4. The summed E-state index contributed by atoms with van der Waals surface area (Å²) in [7, 11) is 2.99. The molecule has 1 aliphatic heterocycles. The van der Waals surface area contributed by atoms with Crippen LogP contribution >= 0.6 is 0 Å². The molecule has 1 saturated heterocycles. The van der Waals surface area contributed by atoms with Gasteiger partial charge in [0.2, 0.25) is 0 Å². The number of hydrogen-bond acceptors (Lipinski definition) is 4. The Labute approximate surface area is 127 Å². The fourth-order valence-electron chi connectivity index (χ4n) is 2.68. The van der Waals surface area contributed by atoms with Crippen molar-refractivity contribution in [3.05, 3.63) is 34.9 Å². The van der Waals surface area contributed by atoms with Gasteiger partial charge in [-0.05, 0) is 31.2 Å². The fourth-order valence-corrected chi connectivity index (χ4v) is 2.68. The molecule has 0 aromatic heterocycles. The third-order valence-electron chi connectivity index (χ3n) is 3.91. The minimum Gasteiger partial charge on any atom is -0.465 e. The largest absolute Gasteiger partial charge is 0.465 e. The van der Waals surface area contributed by atoms with Crippen LogP contribution in [0, 0.1) is 0 Å². The van der Waals surface area contributed by atoms with Gasteiger partial charge in [-0.1, -0.05) is 6.07 Å². The van der Waals surface area contributed by atoms with Crippen LogP contribution in [0.4, 0.5) is 13.2 Å². The van der Waals surface area contributed by atoms with Gasteiger partial charge in [-0.15, -0.1) is 0 Å². The molecule has 1 heterocycles. The summed E-state index contributed by atoms with van der Waals surface area (Å²) in [6.07, 6.45) is -3.58. The van der Waals surface area contributed by atoms with Crippen molar-refractivity contribution in [1.29, 1.82) is 0 Å². The Kier molecular flexibility index (Phi) is 5.08. The average molecular weight is 316 g/mol. The van der Waals surface area contributed by atoms with Crippen LogP contribution in [0.15, 0.2) is 18.2 Å². The lowest BCUT2D eigenvalue weighted by molar-refractivity contribution is -0.138. The number of carbonyl (C=O) groups excluding carboxylic acids is 1. The number of esters is 1. The second-order valence-electron chi connectivity index (χ2n) is 5.37. The molecule has 2 rings (SSSR count). The quantitative estimate of drug-likeness (QED) is 0.866. The van der Waals surface area contributed by atoms with Crippen LogP contribution in [0.25, 0.3) is 0 Å². The van der Waals surface area contributed by atoms with Gasteiger partial charge in [-0.2, -0.15) is 13.2 Å². The van der Waals surface area contributed by atoms with E-state index >= 15 is 0 Å². The summed E-state index contributed by atoms with van der Waals surface area (Å²) >= 11 is 0. The number of alkyl halides is 3. The van der Waals surface area contributed by atoms with Gasteiger partial charge in [0, 0.05) is 25.7 Å². The molecule has 22 heavy (non-hydrogen) atoms. The first-order valence-electron chi connectivity index (χ1n) is 7.03. The van der Waals surface area contributed by atoms with Crippen LogP contribution < -0.4 is 5.32 Å². The van der Waals surface area contributed by atoms with Crippen LogP contribution in [-0.2, 0) is 17.5 Å². The van der Waals surface area contributed by atoms with Crippen molar-refractivity contribution in [2.24, 2.45) is 0 Å². The molecular formula is C15H19F3N2O2. The highest BCUT2D eigenvalue weighted by atomic mass is 19.4. The number of nitrogens with zero attached hydrogens (tertiary/aromatic N) is 1. The van der Waals surface area contributed by atoms with E-state index in [-0.39, 0.29) is 17.7 Å². The standard InChI is InChI=1S/C15H19F3N2O2/c1-19-12-5-6-20(9-12)8-11-4-3-10(14(21)22-2)7-13(11)15(16,17)18/h3-4,7,12,19H,5-6,8-9H2,1-2H3. The van der Waals surface area contributed by atoms with Crippen LogP contribution in [0.1, 0.15) is 27.9 Å². The lowest BCUT2D eigenvalue weighted by Crippen LogP contribution is -2.29. The third kappa shape index (κ3) is 3.78. The van der Waals surface area contributed by atoms with Gasteiger partial charge < -0.3 is 10.1 Å². The summed E-state index contributed by atoms with van der Waals surface area (Å²) in [5, 5.41) is 3.13. The molecule has 1 aliphatic rings. The molecule has 0 amide bonds. The van der Waals surface area contributed by atoms with Crippen molar-refractivity contribution < 1.29 is 22.7 Å². The number of ether oxygens (including phenoxy) is 1. The second-order valence-corrected chi connectivity index (χ2v) is 5.37. The second kappa shape index (κ2) is 6.66. The maximum absolute atomic E-state index is 13.2.